The zero-order valence-corrected chi connectivity index (χ0v) is 9.25. The van der Waals surface area contributed by atoms with Crippen LogP contribution >= 0.6 is 0 Å². The first kappa shape index (κ1) is 11.0. The average molecular weight is 193 g/mol. The Morgan fingerprint density at radius 3 is 2.79 bits per heavy atom. The van der Waals surface area contributed by atoms with Crippen molar-refractivity contribution in [2.45, 2.75) is 33.6 Å². The van der Waals surface area contributed by atoms with Crippen LogP contribution in [0.1, 0.15) is 32.9 Å². The van der Waals surface area contributed by atoms with Crippen molar-refractivity contribution in [3.63, 3.8) is 0 Å². The minimum absolute atomic E-state index is 0.731. The molecule has 0 aliphatic carbocycles. The largest absolute Gasteiger partial charge is 0.370 e. The van der Waals surface area contributed by atoms with Gasteiger partial charge in [0, 0.05) is 18.3 Å². The van der Waals surface area contributed by atoms with Gasteiger partial charge in [-0.05, 0) is 18.8 Å². The zero-order chi connectivity index (χ0) is 10.4. The zero-order valence-electron chi connectivity index (χ0n) is 9.25. The predicted molar refractivity (Wildman–Crippen MR) is 59.4 cm³/mol. The molecule has 1 aromatic heterocycles. The smallest absolute Gasteiger partial charge is 0.129 e. The molecular weight excluding hydrogens is 174 g/mol. The highest BCUT2D eigenvalue weighted by Gasteiger charge is 1.97. The fraction of sp³-hybridized carbons (Fsp3) is 0.636. The van der Waals surface area contributed by atoms with E-state index in [-0.39, 0.29) is 0 Å². The fourth-order valence-corrected chi connectivity index (χ4v) is 1.18. The molecule has 0 aliphatic rings. The van der Waals surface area contributed by atoms with Gasteiger partial charge >= 0.3 is 0 Å². The lowest BCUT2D eigenvalue weighted by Gasteiger charge is -2.07. The molecule has 14 heavy (non-hydrogen) atoms. The number of anilines is 1. The van der Waals surface area contributed by atoms with Gasteiger partial charge in [-0.15, -0.1) is 0 Å². The van der Waals surface area contributed by atoms with Crippen LogP contribution in [0.2, 0.25) is 0 Å². The highest BCUT2D eigenvalue weighted by atomic mass is 15.0. The molecule has 3 nitrogen and oxygen atoms in total. The quantitative estimate of drug-likeness (QED) is 0.780. The van der Waals surface area contributed by atoms with Crippen molar-refractivity contribution >= 4 is 5.82 Å². The molecule has 0 bridgehead atoms. The minimum Gasteiger partial charge on any atom is -0.370 e. The van der Waals surface area contributed by atoms with Gasteiger partial charge in [-0.25, -0.2) is 9.97 Å². The molecule has 0 saturated heterocycles. The van der Waals surface area contributed by atoms with E-state index in [4.69, 9.17) is 0 Å². The molecule has 1 heterocycles. The number of rotatable bonds is 5. The first-order chi connectivity index (χ1) is 6.72. The van der Waals surface area contributed by atoms with Gasteiger partial charge in [-0.1, -0.05) is 20.8 Å². The molecule has 3 heteroatoms. The van der Waals surface area contributed by atoms with E-state index >= 15 is 0 Å². The Morgan fingerprint density at radius 2 is 2.14 bits per heavy atom. The maximum atomic E-state index is 4.16. The third-order valence-electron chi connectivity index (χ3n) is 2.11. The minimum atomic E-state index is 0.731. The molecule has 1 aromatic rings. The number of nitrogens with one attached hydrogen (secondary N) is 1. The number of nitrogens with zero attached hydrogens (tertiary/aromatic N) is 2. The molecule has 0 amide bonds. The van der Waals surface area contributed by atoms with Gasteiger partial charge < -0.3 is 5.32 Å². The van der Waals surface area contributed by atoms with Gasteiger partial charge in [-0.3, -0.25) is 0 Å². The summed E-state index contributed by atoms with van der Waals surface area (Å²) in [5.41, 5.74) is 1.09. The van der Waals surface area contributed by atoms with Crippen LogP contribution in [0.25, 0.3) is 0 Å². The molecule has 1 rings (SSSR count). The maximum Gasteiger partial charge on any atom is 0.129 e. The van der Waals surface area contributed by atoms with Gasteiger partial charge in [0.25, 0.3) is 0 Å². The summed E-state index contributed by atoms with van der Waals surface area (Å²) >= 11 is 0. The Balaban J connectivity index is 2.42. The maximum absolute atomic E-state index is 4.16. The molecule has 0 unspecified atom stereocenters. The van der Waals surface area contributed by atoms with E-state index in [0.29, 0.717) is 0 Å². The number of aryl methyl sites for hydroxylation is 1. The molecule has 0 aromatic carbocycles. The average Bonchev–Trinajstić information content (AvgIpc) is 2.18. The molecule has 0 fully saturated rings. The molecule has 0 radical (unpaired) electrons. The van der Waals surface area contributed by atoms with E-state index in [1.807, 2.05) is 6.07 Å². The predicted octanol–water partition coefficient (Wildman–Crippen LogP) is 2.50. The topological polar surface area (TPSA) is 37.8 Å². The standard InChI is InChI=1S/C11H19N3/c1-4-10-7-11(14-8-13-10)12-6-5-9(2)3/h7-9H,4-6H2,1-3H3,(H,12,13,14). The van der Waals surface area contributed by atoms with Gasteiger partial charge in [0.2, 0.25) is 0 Å². The van der Waals surface area contributed by atoms with E-state index < -0.39 is 0 Å². The molecule has 0 spiro atoms. The van der Waals surface area contributed by atoms with Crippen molar-refractivity contribution in [3.8, 4) is 0 Å². The lowest BCUT2D eigenvalue weighted by molar-refractivity contribution is 0.606. The summed E-state index contributed by atoms with van der Waals surface area (Å²) in [5, 5.41) is 3.30. The molecule has 0 saturated carbocycles. The highest BCUT2D eigenvalue weighted by Crippen LogP contribution is 2.05. The summed E-state index contributed by atoms with van der Waals surface area (Å²) in [7, 11) is 0. The molecule has 78 valence electrons. The van der Waals surface area contributed by atoms with Crippen LogP contribution in [0.15, 0.2) is 12.4 Å². The summed E-state index contributed by atoms with van der Waals surface area (Å²) in [5.74, 6) is 1.67. The second kappa shape index (κ2) is 5.58. The van der Waals surface area contributed by atoms with E-state index in [9.17, 15) is 0 Å². The van der Waals surface area contributed by atoms with Crippen LogP contribution in [-0.4, -0.2) is 16.5 Å². The third-order valence-corrected chi connectivity index (χ3v) is 2.11. The van der Waals surface area contributed by atoms with Crippen molar-refractivity contribution in [1.82, 2.24) is 9.97 Å². The summed E-state index contributed by atoms with van der Waals surface area (Å²) in [4.78, 5) is 8.31. The number of hydrogen-bond donors (Lipinski definition) is 1. The van der Waals surface area contributed by atoms with Crippen molar-refractivity contribution < 1.29 is 0 Å². The van der Waals surface area contributed by atoms with Crippen molar-refractivity contribution in [2.75, 3.05) is 11.9 Å². The van der Waals surface area contributed by atoms with Crippen LogP contribution in [-0.2, 0) is 6.42 Å². The van der Waals surface area contributed by atoms with Gasteiger partial charge in [-0.2, -0.15) is 0 Å². The van der Waals surface area contributed by atoms with E-state index in [1.54, 1.807) is 6.33 Å². The lowest BCUT2D eigenvalue weighted by Crippen LogP contribution is -2.06. The van der Waals surface area contributed by atoms with Gasteiger partial charge in [0.15, 0.2) is 0 Å². The Kier molecular flexibility index (Phi) is 4.36. The van der Waals surface area contributed by atoms with Crippen molar-refractivity contribution in [2.24, 2.45) is 5.92 Å². The fourth-order valence-electron chi connectivity index (χ4n) is 1.18. The Morgan fingerprint density at radius 1 is 1.36 bits per heavy atom. The normalized spacial score (nSPS) is 10.6. The van der Waals surface area contributed by atoms with Crippen LogP contribution < -0.4 is 5.32 Å². The highest BCUT2D eigenvalue weighted by molar-refractivity contribution is 5.34. The second-order valence-corrected chi connectivity index (χ2v) is 3.86. The molecular formula is C11H19N3. The summed E-state index contributed by atoms with van der Waals surface area (Å²) < 4.78 is 0. The summed E-state index contributed by atoms with van der Waals surface area (Å²) in [6, 6.07) is 2.01. The van der Waals surface area contributed by atoms with E-state index in [1.165, 1.54) is 6.42 Å². The van der Waals surface area contributed by atoms with Crippen LogP contribution in [0.3, 0.4) is 0 Å². The SMILES string of the molecule is CCc1cc(NCCC(C)C)ncn1. The van der Waals surface area contributed by atoms with Crippen LogP contribution in [0, 0.1) is 5.92 Å². The first-order valence-corrected chi connectivity index (χ1v) is 5.27. The number of hydrogen-bond acceptors (Lipinski definition) is 3. The summed E-state index contributed by atoms with van der Waals surface area (Å²) in [6.07, 6.45) is 3.75. The van der Waals surface area contributed by atoms with Crippen molar-refractivity contribution in [1.29, 1.82) is 0 Å². The molecule has 0 atom stereocenters. The van der Waals surface area contributed by atoms with E-state index in [2.05, 4.69) is 36.1 Å². The van der Waals surface area contributed by atoms with Gasteiger partial charge in [0.05, 0.1) is 0 Å². The van der Waals surface area contributed by atoms with E-state index in [0.717, 1.165) is 30.4 Å². The Hall–Kier alpha value is -1.12. The van der Waals surface area contributed by atoms with Gasteiger partial charge in [0.1, 0.15) is 12.1 Å². The molecule has 1 N–H and O–H groups in total. The summed E-state index contributed by atoms with van der Waals surface area (Å²) in [6.45, 7) is 7.52. The van der Waals surface area contributed by atoms with Crippen molar-refractivity contribution in [3.05, 3.63) is 18.1 Å². The third kappa shape index (κ3) is 3.73. The Bertz CT molecular complexity index is 271. The first-order valence-electron chi connectivity index (χ1n) is 5.27. The molecule has 0 aliphatic heterocycles. The Labute approximate surface area is 86.0 Å². The number of aromatic nitrogens is 2. The monoisotopic (exact) mass is 193 g/mol. The second-order valence-electron chi connectivity index (χ2n) is 3.86. The van der Waals surface area contributed by atoms with Crippen LogP contribution in [0.4, 0.5) is 5.82 Å². The lowest BCUT2D eigenvalue weighted by atomic mass is 10.1. The van der Waals surface area contributed by atoms with Crippen LogP contribution in [0.5, 0.6) is 0 Å².